The van der Waals surface area contributed by atoms with Gasteiger partial charge >= 0.3 is 0 Å². The average Bonchev–Trinajstić information content (AvgIpc) is 1.67. The second kappa shape index (κ2) is 27.5. The Morgan fingerprint density at radius 2 is 0.839 bits per heavy atom. The number of nitriles is 3. The number of aryl methyl sites for hydroxylation is 9. The van der Waals surface area contributed by atoms with Gasteiger partial charge in [0.15, 0.2) is 23.3 Å². The van der Waals surface area contributed by atoms with E-state index in [2.05, 4.69) is 115 Å². The Morgan fingerprint density at radius 1 is 0.484 bits per heavy atom. The van der Waals surface area contributed by atoms with E-state index in [-0.39, 0.29) is 5.78 Å². The predicted octanol–water partition coefficient (Wildman–Crippen LogP) is 11.3. The molecule has 5 saturated heterocycles. The molecule has 93 heavy (non-hydrogen) atoms. The van der Waals surface area contributed by atoms with E-state index in [9.17, 15) is 20.6 Å². The van der Waals surface area contributed by atoms with Crippen molar-refractivity contribution < 1.29 is 32.6 Å². The van der Waals surface area contributed by atoms with Gasteiger partial charge in [-0.05, 0) is 156 Å². The SMILES string of the molecule is CCc1cc(C#N)c2nc(N3CCC(=O)CC3)c(-c3nc(C)no3)c(C)c2c1.CCc1cc(C#N)c2nc(N3CCC(NC4CCOCC4)CC3)c(-c3nc(C)no3)c(C)c2c1.CCc1cc(C#N)c2nc(N3CCC4(CC3)OCCO4)c(-c3nc(C)no3)c(C)c2c1. The highest BCUT2D eigenvalue weighted by molar-refractivity contribution is 5.98. The average molecular weight is 1260 g/mol. The van der Waals surface area contributed by atoms with Gasteiger partial charge in [0.25, 0.3) is 17.7 Å². The Hall–Kier alpha value is -9.31. The lowest BCUT2D eigenvalue weighted by atomic mass is 9.96. The van der Waals surface area contributed by atoms with Crippen LogP contribution < -0.4 is 20.0 Å². The van der Waals surface area contributed by atoms with Gasteiger partial charge in [0.2, 0.25) is 0 Å². The number of benzene rings is 3. The van der Waals surface area contributed by atoms with Crippen LogP contribution in [0.15, 0.2) is 50.0 Å². The number of rotatable bonds is 11. The molecule has 480 valence electrons. The summed E-state index contributed by atoms with van der Waals surface area (Å²) >= 11 is 0. The van der Waals surface area contributed by atoms with E-state index in [4.69, 9.17) is 42.7 Å². The molecule has 0 atom stereocenters. The number of aromatic nitrogens is 9. The molecule has 0 saturated carbocycles. The van der Waals surface area contributed by atoms with Crippen LogP contribution in [-0.4, -0.2) is 135 Å². The van der Waals surface area contributed by atoms with E-state index in [1.807, 2.05) is 39.0 Å². The van der Waals surface area contributed by atoms with Crippen molar-refractivity contribution in [2.75, 3.05) is 80.4 Å². The number of nitrogens with one attached hydrogen (secondary N) is 1. The van der Waals surface area contributed by atoms with Crippen molar-refractivity contribution in [3.05, 3.63) is 104 Å². The highest BCUT2D eigenvalue weighted by Crippen LogP contribution is 2.43. The largest absolute Gasteiger partial charge is 0.381 e. The fraction of sp³-hybridized carbons (Fsp3) is 0.471. The summed E-state index contributed by atoms with van der Waals surface area (Å²) in [7, 11) is 0. The lowest BCUT2D eigenvalue weighted by molar-refractivity contribution is -0.169. The van der Waals surface area contributed by atoms with Gasteiger partial charge in [0.05, 0.1) is 63.1 Å². The molecular formula is C70H78N16O7. The predicted molar refractivity (Wildman–Crippen MR) is 351 cm³/mol. The molecule has 14 rings (SSSR count). The molecule has 0 aliphatic carbocycles. The van der Waals surface area contributed by atoms with Crippen molar-refractivity contribution >= 4 is 55.9 Å². The topological polar surface area (TPSA) is 293 Å². The van der Waals surface area contributed by atoms with Gasteiger partial charge in [-0.2, -0.15) is 30.7 Å². The second-order valence-corrected chi connectivity index (χ2v) is 24.7. The molecule has 3 aromatic carbocycles. The van der Waals surface area contributed by atoms with Crippen LogP contribution in [0.1, 0.15) is 140 Å². The van der Waals surface area contributed by atoms with Gasteiger partial charge in [-0.25, -0.2) is 15.0 Å². The van der Waals surface area contributed by atoms with Crippen LogP contribution >= 0.6 is 0 Å². The number of hydrogen-bond acceptors (Lipinski definition) is 23. The number of Topliss-reactive ketones (excluding diaryl/α,β-unsaturated/α-hetero) is 1. The lowest BCUT2D eigenvalue weighted by Crippen LogP contribution is -2.48. The lowest BCUT2D eigenvalue weighted by Gasteiger charge is -2.38. The number of hydrogen-bond donors (Lipinski definition) is 1. The molecule has 23 nitrogen and oxygen atoms in total. The third-order valence-corrected chi connectivity index (χ3v) is 18.7. The Kier molecular flexibility index (Phi) is 18.9. The summed E-state index contributed by atoms with van der Waals surface area (Å²) < 4.78 is 34.0. The molecule has 1 spiro atoms. The molecule has 1 N–H and O–H groups in total. The third-order valence-electron chi connectivity index (χ3n) is 18.7. The molecule has 0 radical (unpaired) electrons. The monoisotopic (exact) mass is 1250 g/mol. The van der Waals surface area contributed by atoms with Gasteiger partial charge in [-0.15, -0.1) is 0 Å². The van der Waals surface area contributed by atoms with Crippen LogP contribution in [0.3, 0.4) is 0 Å². The highest BCUT2D eigenvalue weighted by atomic mass is 16.7. The summed E-state index contributed by atoms with van der Waals surface area (Å²) in [6.07, 6.45) is 9.27. The molecule has 23 heteroatoms. The van der Waals surface area contributed by atoms with E-state index < -0.39 is 5.79 Å². The maximum Gasteiger partial charge on any atom is 0.261 e. The van der Waals surface area contributed by atoms with Gasteiger partial charge in [-0.1, -0.05) is 36.2 Å². The molecular weight excluding hydrogens is 1180 g/mol. The minimum atomic E-state index is -0.475. The third kappa shape index (κ3) is 13.1. The number of fused-ring (bicyclic) bond motifs is 3. The number of piperidine rings is 3. The molecule has 0 amide bonds. The minimum absolute atomic E-state index is 0.259. The molecule has 11 heterocycles. The second-order valence-electron chi connectivity index (χ2n) is 24.7. The number of pyridine rings is 3. The van der Waals surface area contributed by atoms with E-state index in [0.717, 1.165) is 181 Å². The van der Waals surface area contributed by atoms with Crippen molar-refractivity contribution in [1.82, 2.24) is 50.7 Å². The van der Waals surface area contributed by atoms with Crippen molar-refractivity contribution in [3.63, 3.8) is 0 Å². The Labute approximate surface area is 540 Å². The first kappa shape index (κ1) is 63.8. The Bertz CT molecular complexity index is 4400. The van der Waals surface area contributed by atoms with Crippen LogP contribution in [0.4, 0.5) is 17.5 Å². The first-order valence-electron chi connectivity index (χ1n) is 32.5. The maximum absolute atomic E-state index is 11.7. The molecule has 5 aliphatic rings. The zero-order valence-corrected chi connectivity index (χ0v) is 54.5. The van der Waals surface area contributed by atoms with Crippen LogP contribution in [0.2, 0.25) is 0 Å². The molecule has 5 aliphatic heterocycles. The Balaban J connectivity index is 0.000000135. The van der Waals surface area contributed by atoms with E-state index >= 15 is 0 Å². The van der Waals surface area contributed by atoms with Crippen molar-refractivity contribution in [3.8, 4) is 52.6 Å². The van der Waals surface area contributed by atoms with Crippen molar-refractivity contribution in [2.24, 2.45) is 0 Å². The summed E-state index contributed by atoms with van der Waals surface area (Å²) in [5.41, 5.74) is 12.6. The summed E-state index contributed by atoms with van der Waals surface area (Å²) in [6.45, 7) is 25.2. The van der Waals surface area contributed by atoms with E-state index in [0.29, 0.717) is 120 Å². The molecule has 6 aromatic heterocycles. The summed E-state index contributed by atoms with van der Waals surface area (Å²) in [5.74, 6) is 5.15. The zero-order chi connectivity index (χ0) is 65.1. The summed E-state index contributed by atoms with van der Waals surface area (Å²) in [6, 6.07) is 20.1. The number of ketones is 1. The number of nitrogens with zero attached hydrogens (tertiary/aromatic N) is 15. The van der Waals surface area contributed by atoms with Gasteiger partial charge in [0.1, 0.15) is 41.4 Å². The summed E-state index contributed by atoms with van der Waals surface area (Å²) in [4.78, 5) is 46.8. The number of anilines is 3. The van der Waals surface area contributed by atoms with Crippen LogP contribution in [0, 0.1) is 75.5 Å². The number of carbonyl (C=O) groups is 1. The fourth-order valence-corrected chi connectivity index (χ4v) is 13.5. The minimum Gasteiger partial charge on any atom is -0.381 e. The molecule has 9 aromatic rings. The standard InChI is InChI=1S/C26H32N6O2.C23H25N5O3.C21H21N5O2/c1-4-18-13-19(15-27)24-22(14-18)16(2)23(26-28-17(3)31-34-26)25(30-24)32-9-5-20(6-10-32)29-21-7-11-33-12-8-21;1-4-16-11-17(13-24)20-18(12-16)14(2)19(22-25-15(3)27-31-22)21(26-20)28-7-5-23(6-8-28)29-9-10-30-23;1-4-14-9-15(11-22)19-17(10-14)12(2)18(21-23-13(3)25-28-21)20(24-19)26-7-5-16(27)6-8-26/h13-14,20-21,29H,4-12H2,1-3H3;11-12H,4-10H2,1-3H3;9-10H,4-8H2,1-3H3. The summed E-state index contributed by atoms with van der Waals surface area (Å²) in [5, 5.41) is 48.0. The van der Waals surface area contributed by atoms with Crippen LogP contribution in [0.25, 0.3) is 67.1 Å². The highest BCUT2D eigenvalue weighted by Gasteiger charge is 2.41. The smallest absolute Gasteiger partial charge is 0.261 e. The van der Waals surface area contributed by atoms with Crippen molar-refractivity contribution in [1.29, 1.82) is 15.8 Å². The van der Waals surface area contributed by atoms with Gasteiger partial charge in [0, 0.05) is 106 Å². The molecule has 0 unspecified atom stereocenters. The molecule has 5 fully saturated rings. The zero-order valence-electron chi connectivity index (χ0n) is 54.5. The number of ether oxygens (including phenoxy) is 3. The molecule has 0 bridgehead atoms. The van der Waals surface area contributed by atoms with Crippen LogP contribution in [-0.2, 0) is 38.3 Å². The fourth-order valence-electron chi connectivity index (χ4n) is 13.5. The first-order chi connectivity index (χ1) is 45.1. The Morgan fingerprint density at radius 3 is 1.18 bits per heavy atom. The van der Waals surface area contributed by atoms with E-state index in [1.165, 1.54) is 0 Å². The van der Waals surface area contributed by atoms with Crippen LogP contribution in [0.5, 0.6) is 0 Å². The van der Waals surface area contributed by atoms with Gasteiger partial charge < -0.3 is 47.8 Å². The number of carbonyl (C=O) groups excluding carboxylic acids is 1. The van der Waals surface area contributed by atoms with E-state index in [1.54, 1.807) is 13.8 Å². The quantitative estimate of drug-likeness (QED) is 0.126. The maximum atomic E-state index is 11.7. The van der Waals surface area contributed by atoms with Gasteiger partial charge in [-0.3, -0.25) is 4.79 Å². The van der Waals surface area contributed by atoms with Crippen molar-refractivity contribution in [2.45, 2.75) is 151 Å². The normalized spacial score (nSPS) is 16.9. The first-order valence-corrected chi connectivity index (χ1v) is 32.5.